The van der Waals surface area contributed by atoms with Gasteiger partial charge < -0.3 is 4.74 Å². The average molecular weight is 225 g/mol. The third kappa shape index (κ3) is 3.13. The molecule has 0 spiro atoms. The Bertz CT molecular complexity index is 475. The van der Waals surface area contributed by atoms with E-state index >= 15 is 0 Å². The van der Waals surface area contributed by atoms with E-state index in [-0.39, 0.29) is 57.4 Å². The molecule has 0 fully saturated rings. The number of carbonyl (C=O) groups excluding carboxylic acids is 1. The SMILES string of the molecule is CC(=O)Oc1cccc2ccccc12.[K]. The van der Waals surface area contributed by atoms with Crippen LogP contribution in [0.3, 0.4) is 0 Å². The zero-order chi connectivity index (χ0) is 9.97. The summed E-state index contributed by atoms with van der Waals surface area (Å²) in [5.41, 5.74) is 0. The van der Waals surface area contributed by atoms with E-state index in [4.69, 9.17) is 4.74 Å². The minimum atomic E-state index is -0.290. The molecule has 0 atom stereocenters. The normalized spacial score (nSPS) is 9.40. The van der Waals surface area contributed by atoms with Crippen LogP contribution in [0.25, 0.3) is 10.8 Å². The number of rotatable bonds is 1. The van der Waals surface area contributed by atoms with Crippen LogP contribution in [0.2, 0.25) is 0 Å². The molecule has 2 rings (SSSR count). The van der Waals surface area contributed by atoms with E-state index in [1.807, 2.05) is 36.4 Å². The van der Waals surface area contributed by atoms with E-state index in [9.17, 15) is 4.79 Å². The quantitative estimate of drug-likeness (QED) is 0.423. The molecule has 0 N–H and O–H groups in total. The molecule has 0 heterocycles. The second-order valence-electron chi connectivity index (χ2n) is 3.07. The zero-order valence-corrected chi connectivity index (χ0v) is 12.0. The van der Waals surface area contributed by atoms with Crippen molar-refractivity contribution in [3.05, 3.63) is 42.5 Å². The fourth-order valence-electron chi connectivity index (χ4n) is 1.44. The van der Waals surface area contributed by atoms with Crippen LogP contribution in [-0.4, -0.2) is 57.4 Å². The first-order chi connectivity index (χ1) is 6.77. The summed E-state index contributed by atoms with van der Waals surface area (Å²) in [6.07, 6.45) is 0. The molecule has 0 amide bonds. The molecular weight excluding hydrogens is 215 g/mol. The van der Waals surface area contributed by atoms with Crippen LogP contribution >= 0.6 is 0 Å². The van der Waals surface area contributed by atoms with Gasteiger partial charge in [0.2, 0.25) is 0 Å². The Balaban J connectivity index is 0.00000112. The van der Waals surface area contributed by atoms with Gasteiger partial charge in [-0.3, -0.25) is 4.79 Å². The van der Waals surface area contributed by atoms with Gasteiger partial charge in [0, 0.05) is 63.7 Å². The molecule has 3 heteroatoms. The fourth-order valence-corrected chi connectivity index (χ4v) is 1.44. The minimum Gasteiger partial charge on any atom is -0.426 e. The summed E-state index contributed by atoms with van der Waals surface area (Å²) in [7, 11) is 0. The van der Waals surface area contributed by atoms with E-state index in [0.29, 0.717) is 5.75 Å². The van der Waals surface area contributed by atoms with E-state index in [2.05, 4.69) is 0 Å². The van der Waals surface area contributed by atoms with Crippen LogP contribution in [0.1, 0.15) is 6.92 Å². The Kier molecular flexibility index (Phi) is 4.95. The molecular formula is C12H10KO2. The standard InChI is InChI=1S/C12H10O2.K/c1-9(13)14-12-8-4-6-10-5-2-3-7-11(10)12;/h2-8H,1H3;. The van der Waals surface area contributed by atoms with Gasteiger partial charge in [0.15, 0.2) is 0 Å². The monoisotopic (exact) mass is 225 g/mol. The predicted molar refractivity (Wildman–Crippen MR) is 61.0 cm³/mol. The predicted octanol–water partition coefficient (Wildman–Crippen LogP) is 2.38. The first-order valence-electron chi connectivity index (χ1n) is 4.43. The fraction of sp³-hybridized carbons (Fsp3) is 0.0833. The Morgan fingerprint density at radius 1 is 1.07 bits per heavy atom. The van der Waals surface area contributed by atoms with Crippen molar-refractivity contribution in [2.45, 2.75) is 6.92 Å². The Morgan fingerprint density at radius 2 is 1.73 bits per heavy atom. The first kappa shape index (κ1) is 12.9. The molecule has 0 aliphatic heterocycles. The van der Waals surface area contributed by atoms with Crippen LogP contribution in [-0.2, 0) is 4.79 Å². The number of hydrogen-bond donors (Lipinski definition) is 0. The van der Waals surface area contributed by atoms with Crippen molar-refractivity contribution in [3.63, 3.8) is 0 Å². The van der Waals surface area contributed by atoms with Gasteiger partial charge in [0.25, 0.3) is 0 Å². The number of esters is 1. The summed E-state index contributed by atoms with van der Waals surface area (Å²) in [4.78, 5) is 10.8. The van der Waals surface area contributed by atoms with Crippen molar-refractivity contribution in [2.75, 3.05) is 0 Å². The second-order valence-corrected chi connectivity index (χ2v) is 3.07. The van der Waals surface area contributed by atoms with Crippen LogP contribution in [0.15, 0.2) is 42.5 Å². The maximum absolute atomic E-state index is 10.8. The van der Waals surface area contributed by atoms with E-state index in [1.165, 1.54) is 6.92 Å². The minimum absolute atomic E-state index is 0. The maximum atomic E-state index is 10.8. The molecule has 15 heavy (non-hydrogen) atoms. The summed E-state index contributed by atoms with van der Waals surface area (Å²) in [5, 5.41) is 2.04. The van der Waals surface area contributed by atoms with Gasteiger partial charge >= 0.3 is 5.97 Å². The Morgan fingerprint density at radius 3 is 2.47 bits per heavy atom. The number of hydrogen-bond acceptors (Lipinski definition) is 2. The van der Waals surface area contributed by atoms with Crippen LogP contribution in [0.4, 0.5) is 0 Å². The largest absolute Gasteiger partial charge is 0.426 e. The molecule has 2 nitrogen and oxygen atoms in total. The number of carbonyl (C=O) groups is 1. The molecule has 0 aliphatic rings. The molecule has 2 aromatic carbocycles. The van der Waals surface area contributed by atoms with Crippen molar-refractivity contribution in [1.82, 2.24) is 0 Å². The summed E-state index contributed by atoms with van der Waals surface area (Å²) in [6.45, 7) is 1.40. The number of benzene rings is 2. The average Bonchev–Trinajstić information content (AvgIpc) is 2.18. The number of ether oxygens (including phenoxy) is 1. The third-order valence-electron chi connectivity index (χ3n) is 2.00. The van der Waals surface area contributed by atoms with Crippen molar-refractivity contribution >= 4 is 68.1 Å². The zero-order valence-electron chi connectivity index (χ0n) is 8.86. The summed E-state index contributed by atoms with van der Waals surface area (Å²) in [6, 6.07) is 13.5. The Labute approximate surface area is 131 Å². The summed E-state index contributed by atoms with van der Waals surface area (Å²) < 4.78 is 5.09. The molecule has 0 aromatic heterocycles. The second kappa shape index (κ2) is 5.77. The molecule has 0 saturated heterocycles. The first-order valence-corrected chi connectivity index (χ1v) is 4.43. The van der Waals surface area contributed by atoms with Gasteiger partial charge in [-0.1, -0.05) is 36.4 Å². The molecule has 0 saturated carbocycles. The smallest absolute Gasteiger partial charge is 0.308 e. The van der Waals surface area contributed by atoms with Crippen LogP contribution in [0, 0.1) is 0 Å². The van der Waals surface area contributed by atoms with Crippen molar-refractivity contribution in [1.29, 1.82) is 0 Å². The van der Waals surface area contributed by atoms with E-state index < -0.39 is 0 Å². The van der Waals surface area contributed by atoms with Gasteiger partial charge in [-0.05, 0) is 11.5 Å². The molecule has 1 radical (unpaired) electrons. The molecule has 0 unspecified atom stereocenters. The third-order valence-corrected chi connectivity index (χ3v) is 2.00. The molecule has 2 aromatic rings. The van der Waals surface area contributed by atoms with Gasteiger partial charge in [-0.25, -0.2) is 0 Å². The van der Waals surface area contributed by atoms with Crippen LogP contribution < -0.4 is 4.74 Å². The molecule has 0 bridgehead atoms. The maximum Gasteiger partial charge on any atom is 0.308 e. The van der Waals surface area contributed by atoms with Gasteiger partial charge in [0.1, 0.15) is 5.75 Å². The van der Waals surface area contributed by atoms with Gasteiger partial charge in [-0.15, -0.1) is 0 Å². The van der Waals surface area contributed by atoms with Crippen LogP contribution in [0.5, 0.6) is 5.75 Å². The van der Waals surface area contributed by atoms with Crippen molar-refractivity contribution in [2.24, 2.45) is 0 Å². The van der Waals surface area contributed by atoms with E-state index in [1.54, 1.807) is 6.07 Å². The van der Waals surface area contributed by atoms with Crippen molar-refractivity contribution < 1.29 is 9.53 Å². The van der Waals surface area contributed by atoms with Gasteiger partial charge in [0.05, 0.1) is 0 Å². The van der Waals surface area contributed by atoms with E-state index in [0.717, 1.165) is 10.8 Å². The Hall–Kier alpha value is -0.194. The van der Waals surface area contributed by atoms with Gasteiger partial charge in [-0.2, -0.15) is 0 Å². The molecule has 0 aliphatic carbocycles. The summed E-state index contributed by atoms with van der Waals surface area (Å²) in [5.74, 6) is 0.331. The van der Waals surface area contributed by atoms with Crippen molar-refractivity contribution in [3.8, 4) is 5.75 Å². The summed E-state index contributed by atoms with van der Waals surface area (Å²) >= 11 is 0. The number of fused-ring (bicyclic) bond motifs is 1. The molecule has 71 valence electrons. The topological polar surface area (TPSA) is 26.3 Å².